The first kappa shape index (κ1) is 12.6. The SMILES string of the molecule is Cc1nccn1CCOC1(CN)CCC(C)C1. The fourth-order valence-electron chi connectivity index (χ4n) is 2.72. The molecule has 0 aromatic carbocycles. The van der Waals surface area contributed by atoms with Gasteiger partial charge in [-0.05, 0) is 32.1 Å². The highest BCUT2D eigenvalue weighted by molar-refractivity contribution is 4.91. The van der Waals surface area contributed by atoms with Crippen LogP contribution in [0.25, 0.3) is 0 Å². The molecule has 1 aliphatic rings. The number of imidazole rings is 1. The third-order valence-corrected chi connectivity index (χ3v) is 3.85. The molecule has 0 spiro atoms. The lowest BCUT2D eigenvalue weighted by atomic mass is 10.0. The number of rotatable bonds is 5. The second-order valence-electron chi connectivity index (χ2n) is 5.25. The number of aromatic nitrogens is 2. The highest BCUT2D eigenvalue weighted by Crippen LogP contribution is 2.36. The Hall–Kier alpha value is -0.870. The highest BCUT2D eigenvalue weighted by atomic mass is 16.5. The van der Waals surface area contributed by atoms with Gasteiger partial charge < -0.3 is 15.0 Å². The van der Waals surface area contributed by atoms with E-state index >= 15 is 0 Å². The Bertz CT molecular complexity index is 363. The summed E-state index contributed by atoms with van der Waals surface area (Å²) in [6.45, 7) is 6.51. The minimum Gasteiger partial charge on any atom is -0.372 e. The fourth-order valence-corrected chi connectivity index (χ4v) is 2.72. The van der Waals surface area contributed by atoms with Gasteiger partial charge in [-0.3, -0.25) is 0 Å². The first-order valence-electron chi connectivity index (χ1n) is 6.47. The van der Waals surface area contributed by atoms with Crippen molar-refractivity contribution in [1.29, 1.82) is 0 Å². The Morgan fingerprint density at radius 3 is 3.00 bits per heavy atom. The smallest absolute Gasteiger partial charge is 0.105 e. The minimum absolute atomic E-state index is 0.0616. The van der Waals surface area contributed by atoms with Crippen LogP contribution in [0.3, 0.4) is 0 Å². The molecule has 1 aromatic heterocycles. The van der Waals surface area contributed by atoms with Gasteiger partial charge in [-0.2, -0.15) is 0 Å². The van der Waals surface area contributed by atoms with Crippen molar-refractivity contribution in [1.82, 2.24) is 9.55 Å². The topological polar surface area (TPSA) is 53.1 Å². The zero-order chi connectivity index (χ0) is 12.3. The van der Waals surface area contributed by atoms with Gasteiger partial charge >= 0.3 is 0 Å². The molecule has 0 amide bonds. The number of aryl methyl sites for hydroxylation is 1. The Morgan fingerprint density at radius 1 is 1.65 bits per heavy atom. The first-order chi connectivity index (χ1) is 8.15. The summed E-state index contributed by atoms with van der Waals surface area (Å²) in [6.07, 6.45) is 7.26. The minimum atomic E-state index is -0.0616. The van der Waals surface area contributed by atoms with Crippen LogP contribution in [0.4, 0.5) is 0 Å². The molecule has 17 heavy (non-hydrogen) atoms. The molecule has 1 fully saturated rings. The van der Waals surface area contributed by atoms with Gasteiger partial charge in [0, 0.05) is 25.5 Å². The van der Waals surface area contributed by atoms with Crippen molar-refractivity contribution in [3.05, 3.63) is 18.2 Å². The molecule has 2 atom stereocenters. The van der Waals surface area contributed by atoms with Gasteiger partial charge in [0.25, 0.3) is 0 Å². The number of hydrogen-bond donors (Lipinski definition) is 1. The number of nitrogens with two attached hydrogens (primary N) is 1. The van der Waals surface area contributed by atoms with Crippen molar-refractivity contribution < 1.29 is 4.74 Å². The summed E-state index contributed by atoms with van der Waals surface area (Å²) >= 11 is 0. The van der Waals surface area contributed by atoms with Gasteiger partial charge in [0.1, 0.15) is 5.82 Å². The second-order valence-corrected chi connectivity index (χ2v) is 5.25. The Labute approximate surface area is 103 Å². The second kappa shape index (κ2) is 5.19. The van der Waals surface area contributed by atoms with E-state index in [2.05, 4.69) is 16.5 Å². The van der Waals surface area contributed by atoms with E-state index in [0.717, 1.165) is 37.7 Å². The van der Waals surface area contributed by atoms with E-state index < -0.39 is 0 Å². The summed E-state index contributed by atoms with van der Waals surface area (Å²) in [5.41, 5.74) is 5.81. The van der Waals surface area contributed by atoms with Crippen LogP contribution < -0.4 is 5.73 Å². The maximum atomic E-state index is 6.06. The average Bonchev–Trinajstić information content (AvgIpc) is 2.88. The fraction of sp³-hybridized carbons (Fsp3) is 0.769. The van der Waals surface area contributed by atoms with E-state index in [4.69, 9.17) is 10.5 Å². The summed E-state index contributed by atoms with van der Waals surface area (Å²) in [6, 6.07) is 0. The Morgan fingerprint density at radius 2 is 2.47 bits per heavy atom. The van der Waals surface area contributed by atoms with Crippen LogP contribution >= 0.6 is 0 Å². The molecule has 4 heteroatoms. The van der Waals surface area contributed by atoms with Crippen LogP contribution in [0.5, 0.6) is 0 Å². The molecule has 1 aliphatic carbocycles. The van der Waals surface area contributed by atoms with Crippen molar-refractivity contribution in [3.8, 4) is 0 Å². The molecule has 0 radical (unpaired) electrons. The maximum Gasteiger partial charge on any atom is 0.105 e. The third kappa shape index (κ3) is 2.87. The normalized spacial score (nSPS) is 28.8. The zero-order valence-corrected chi connectivity index (χ0v) is 10.9. The van der Waals surface area contributed by atoms with Gasteiger partial charge in [-0.25, -0.2) is 4.98 Å². The molecule has 0 aliphatic heterocycles. The predicted octanol–water partition coefficient (Wildman–Crippen LogP) is 1.73. The Kier molecular flexibility index (Phi) is 3.84. The summed E-state index contributed by atoms with van der Waals surface area (Å²) in [4.78, 5) is 4.20. The van der Waals surface area contributed by atoms with E-state index in [1.54, 1.807) is 0 Å². The van der Waals surface area contributed by atoms with Gasteiger partial charge in [0.05, 0.1) is 12.2 Å². The van der Waals surface area contributed by atoms with Crippen LogP contribution in [-0.4, -0.2) is 28.3 Å². The molecule has 96 valence electrons. The monoisotopic (exact) mass is 237 g/mol. The van der Waals surface area contributed by atoms with E-state index in [-0.39, 0.29) is 5.60 Å². The van der Waals surface area contributed by atoms with Crippen molar-refractivity contribution in [2.75, 3.05) is 13.2 Å². The van der Waals surface area contributed by atoms with Crippen LogP contribution in [0.2, 0.25) is 0 Å². The highest BCUT2D eigenvalue weighted by Gasteiger charge is 2.36. The number of ether oxygens (including phenoxy) is 1. The largest absolute Gasteiger partial charge is 0.372 e. The summed E-state index contributed by atoms with van der Waals surface area (Å²) in [5.74, 6) is 1.78. The molecule has 1 aromatic rings. The lowest BCUT2D eigenvalue weighted by Crippen LogP contribution is -2.39. The van der Waals surface area contributed by atoms with Crippen molar-refractivity contribution in [2.45, 2.75) is 45.3 Å². The molecule has 4 nitrogen and oxygen atoms in total. The molecule has 1 saturated carbocycles. The summed E-state index contributed by atoms with van der Waals surface area (Å²) in [5, 5.41) is 0. The van der Waals surface area contributed by atoms with Gasteiger partial charge in [-0.15, -0.1) is 0 Å². The molecule has 0 bridgehead atoms. The lowest BCUT2D eigenvalue weighted by molar-refractivity contribution is -0.0393. The molecule has 1 heterocycles. The van der Waals surface area contributed by atoms with Gasteiger partial charge in [0.15, 0.2) is 0 Å². The molecule has 2 N–H and O–H groups in total. The van der Waals surface area contributed by atoms with Gasteiger partial charge in [0.2, 0.25) is 0 Å². The van der Waals surface area contributed by atoms with E-state index in [1.165, 1.54) is 6.42 Å². The molecule has 2 unspecified atom stereocenters. The quantitative estimate of drug-likeness (QED) is 0.848. The average molecular weight is 237 g/mol. The summed E-state index contributed by atoms with van der Waals surface area (Å²) < 4.78 is 8.18. The molecular formula is C13H23N3O. The summed E-state index contributed by atoms with van der Waals surface area (Å²) in [7, 11) is 0. The lowest BCUT2D eigenvalue weighted by Gasteiger charge is -2.28. The van der Waals surface area contributed by atoms with Crippen LogP contribution in [0.15, 0.2) is 12.4 Å². The standard InChI is InChI=1S/C13H23N3O/c1-11-3-4-13(9-11,10-14)17-8-7-16-6-5-15-12(16)2/h5-6,11H,3-4,7-10,14H2,1-2H3. The van der Waals surface area contributed by atoms with Crippen LogP contribution in [-0.2, 0) is 11.3 Å². The van der Waals surface area contributed by atoms with E-state index in [9.17, 15) is 0 Å². The van der Waals surface area contributed by atoms with E-state index in [0.29, 0.717) is 6.54 Å². The Balaban J connectivity index is 1.83. The van der Waals surface area contributed by atoms with Crippen molar-refractivity contribution in [2.24, 2.45) is 11.7 Å². The molecule has 0 saturated heterocycles. The van der Waals surface area contributed by atoms with Crippen LogP contribution in [0.1, 0.15) is 32.0 Å². The number of nitrogens with zero attached hydrogens (tertiary/aromatic N) is 2. The van der Waals surface area contributed by atoms with Crippen molar-refractivity contribution >= 4 is 0 Å². The molecule has 2 rings (SSSR count). The van der Waals surface area contributed by atoms with Crippen molar-refractivity contribution in [3.63, 3.8) is 0 Å². The van der Waals surface area contributed by atoms with Crippen LogP contribution in [0, 0.1) is 12.8 Å². The number of hydrogen-bond acceptors (Lipinski definition) is 3. The first-order valence-corrected chi connectivity index (χ1v) is 6.47. The predicted molar refractivity (Wildman–Crippen MR) is 67.7 cm³/mol. The molecular weight excluding hydrogens is 214 g/mol. The van der Waals surface area contributed by atoms with Gasteiger partial charge in [-0.1, -0.05) is 6.92 Å². The maximum absolute atomic E-state index is 6.06. The zero-order valence-electron chi connectivity index (χ0n) is 10.9. The van der Waals surface area contributed by atoms with E-state index in [1.807, 2.05) is 19.3 Å². The third-order valence-electron chi connectivity index (χ3n) is 3.85.